The first-order valence-corrected chi connectivity index (χ1v) is 12.0. The number of ether oxygens (including phenoxy) is 2. The van der Waals surface area contributed by atoms with Crippen LogP contribution in [0.15, 0.2) is 42.5 Å². The van der Waals surface area contributed by atoms with Gasteiger partial charge in [0.25, 0.3) is 0 Å². The lowest BCUT2D eigenvalue weighted by Crippen LogP contribution is -2.44. The molecule has 0 bridgehead atoms. The van der Waals surface area contributed by atoms with E-state index >= 15 is 0 Å². The van der Waals surface area contributed by atoms with Crippen molar-refractivity contribution in [3.63, 3.8) is 0 Å². The van der Waals surface area contributed by atoms with Crippen molar-refractivity contribution in [2.75, 3.05) is 27.3 Å². The molecule has 0 aliphatic rings. The summed E-state index contributed by atoms with van der Waals surface area (Å²) in [5.41, 5.74) is 4.02. The van der Waals surface area contributed by atoms with Crippen molar-refractivity contribution in [1.29, 1.82) is 0 Å². The Balaban J connectivity index is 1.94. The Bertz CT molecular complexity index is 734. The van der Waals surface area contributed by atoms with Crippen LogP contribution in [0.4, 0.5) is 0 Å². The molecule has 0 saturated carbocycles. The fourth-order valence-corrected chi connectivity index (χ4v) is 4.08. The summed E-state index contributed by atoms with van der Waals surface area (Å²) in [6.07, 6.45) is 9.45. The lowest BCUT2D eigenvalue weighted by Gasteiger charge is -2.22. The van der Waals surface area contributed by atoms with Gasteiger partial charge in [0, 0.05) is 18.7 Å². The van der Waals surface area contributed by atoms with Gasteiger partial charge in [-0.25, -0.2) is 0 Å². The number of methoxy groups -OCH3 is 2. The summed E-state index contributed by atoms with van der Waals surface area (Å²) in [6, 6.07) is 14.9. The van der Waals surface area contributed by atoms with Gasteiger partial charge < -0.3 is 20.1 Å². The van der Waals surface area contributed by atoms with Crippen molar-refractivity contribution >= 4 is 0 Å². The van der Waals surface area contributed by atoms with Crippen LogP contribution >= 0.6 is 0 Å². The third-order valence-corrected chi connectivity index (χ3v) is 5.77. The molecule has 2 aromatic rings. The van der Waals surface area contributed by atoms with Gasteiger partial charge >= 0.3 is 0 Å². The smallest absolute Gasteiger partial charge is 0.164 e. The lowest BCUT2D eigenvalue weighted by molar-refractivity contribution is 0.350. The lowest BCUT2D eigenvalue weighted by atomic mass is 9.98. The summed E-state index contributed by atoms with van der Waals surface area (Å²) >= 11 is 0. The van der Waals surface area contributed by atoms with Crippen LogP contribution in [0.1, 0.15) is 62.6 Å². The zero-order valence-corrected chi connectivity index (χ0v) is 20.0. The van der Waals surface area contributed by atoms with Crippen LogP contribution in [0, 0.1) is 0 Å². The second kappa shape index (κ2) is 14.9. The summed E-state index contributed by atoms with van der Waals surface area (Å²) in [5.74, 6) is 1.71. The number of benzene rings is 2. The summed E-state index contributed by atoms with van der Waals surface area (Å²) in [7, 11) is 3.44. The first-order chi connectivity index (χ1) is 15.2. The van der Waals surface area contributed by atoms with Crippen LogP contribution in [0.5, 0.6) is 11.5 Å². The second-order valence-electron chi connectivity index (χ2n) is 8.13. The Kier molecular flexibility index (Phi) is 12.1. The summed E-state index contributed by atoms with van der Waals surface area (Å²) < 4.78 is 11.2. The molecule has 4 nitrogen and oxygen atoms in total. The number of hydrogen-bond donors (Lipinski definition) is 2. The molecule has 0 aliphatic heterocycles. The fourth-order valence-electron chi connectivity index (χ4n) is 4.08. The van der Waals surface area contributed by atoms with E-state index in [1.165, 1.54) is 36.0 Å². The Hall–Kier alpha value is -2.04. The first kappa shape index (κ1) is 25.2. The summed E-state index contributed by atoms with van der Waals surface area (Å²) in [5, 5.41) is 7.50. The third kappa shape index (κ3) is 8.54. The molecule has 2 aromatic carbocycles. The summed E-state index contributed by atoms with van der Waals surface area (Å²) in [6.45, 7) is 6.41. The van der Waals surface area contributed by atoms with Gasteiger partial charge in [0.2, 0.25) is 0 Å². The largest absolute Gasteiger partial charge is 0.493 e. The maximum absolute atomic E-state index is 5.69. The molecular formula is C27H42N2O2. The van der Waals surface area contributed by atoms with E-state index in [0.29, 0.717) is 6.17 Å². The van der Waals surface area contributed by atoms with Gasteiger partial charge in [-0.15, -0.1) is 0 Å². The molecule has 0 radical (unpaired) electrons. The average molecular weight is 427 g/mol. The quantitative estimate of drug-likeness (QED) is 0.274. The Morgan fingerprint density at radius 3 is 2.16 bits per heavy atom. The molecule has 172 valence electrons. The second-order valence-corrected chi connectivity index (χ2v) is 8.13. The molecular weight excluding hydrogens is 384 g/mol. The number of nitrogens with one attached hydrogen (secondary N) is 2. The van der Waals surface area contributed by atoms with E-state index in [9.17, 15) is 0 Å². The van der Waals surface area contributed by atoms with E-state index in [2.05, 4.69) is 60.9 Å². The van der Waals surface area contributed by atoms with Gasteiger partial charge in [0.1, 0.15) is 0 Å². The molecule has 0 amide bonds. The maximum atomic E-state index is 5.69. The first-order valence-electron chi connectivity index (χ1n) is 12.0. The SMILES string of the molecule is CCCCCC(NCCc1ccccc1)NCCc1ccc(OC)c(OC)c1CCC. The molecule has 4 heteroatoms. The highest BCUT2D eigenvalue weighted by Crippen LogP contribution is 2.34. The normalized spacial score (nSPS) is 12.0. The molecule has 31 heavy (non-hydrogen) atoms. The average Bonchev–Trinajstić information content (AvgIpc) is 2.80. The van der Waals surface area contributed by atoms with E-state index in [1.807, 2.05) is 6.07 Å². The Morgan fingerprint density at radius 2 is 1.52 bits per heavy atom. The van der Waals surface area contributed by atoms with E-state index < -0.39 is 0 Å². The van der Waals surface area contributed by atoms with Crippen molar-refractivity contribution in [2.45, 2.75) is 71.4 Å². The van der Waals surface area contributed by atoms with Crippen LogP contribution < -0.4 is 20.1 Å². The molecule has 1 atom stereocenters. The number of hydrogen-bond acceptors (Lipinski definition) is 4. The molecule has 1 unspecified atom stereocenters. The predicted molar refractivity (Wildman–Crippen MR) is 131 cm³/mol. The molecule has 0 aliphatic carbocycles. The summed E-state index contributed by atoms with van der Waals surface area (Å²) in [4.78, 5) is 0. The molecule has 0 heterocycles. The van der Waals surface area contributed by atoms with Gasteiger partial charge in [-0.3, -0.25) is 0 Å². The van der Waals surface area contributed by atoms with Gasteiger partial charge in [0.15, 0.2) is 11.5 Å². The maximum Gasteiger partial charge on any atom is 0.164 e. The van der Waals surface area contributed by atoms with Crippen LogP contribution in [0.3, 0.4) is 0 Å². The van der Waals surface area contributed by atoms with Crippen LogP contribution in [0.25, 0.3) is 0 Å². The van der Waals surface area contributed by atoms with Crippen LogP contribution in [-0.4, -0.2) is 33.5 Å². The minimum atomic E-state index is 0.352. The predicted octanol–water partition coefficient (Wildman–Crippen LogP) is 5.53. The van der Waals surface area contributed by atoms with Gasteiger partial charge in [-0.05, 0) is 42.9 Å². The van der Waals surface area contributed by atoms with Crippen molar-refractivity contribution < 1.29 is 9.47 Å². The van der Waals surface area contributed by atoms with Crippen LogP contribution in [-0.2, 0) is 19.3 Å². The minimum Gasteiger partial charge on any atom is -0.493 e. The van der Waals surface area contributed by atoms with E-state index in [1.54, 1.807) is 14.2 Å². The Labute approximate surface area is 189 Å². The molecule has 0 fully saturated rings. The van der Waals surface area contributed by atoms with Crippen LogP contribution in [0.2, 0.25) is 0 Å². The van der Waals surface area contributed by atoms with Crippen molar-refractivity contribution in [2.24, 2.45) is 0 Å². The molecule has 0 saturated heterocycles. The highest BCUT2D eigenvalue weighted by atomic mass is 16.5. The molecule has 2 N–H and O–H groups in total. The number of unbranched alkanes of at least 4 members (excludes halogenated alkanes) is 2. The zero-order chi connectivity index (χ0) is 22.3. The van der Waals surface area contributed by atoms with E-state index in [4.69, 9.17) is 9.47 Å². The zero-order valence-electron chi connectivity index (χ0n) is 20.0. The van der Waals surface area contributed by atoms with E-state index in [-0.39, 0.29) is 0 Å². The van der Waals surface area contributed by atoms with Gasteiger partial charge in [-0.1, -0.05) is 75.9 Å². The van der Waals surface area contributed by atoms with Gasteiger partial charge in [0.05, 0.1) is 20.4 Å². The Morgan fingerprint density at radius 1 is 0.774 bits per heavy atom. The van der Waals surface area contributed by atoms with Crippen molar-refractivity contribution in [3.05, 3.63) is 59.2 Å². The van der Waals surface area contributed by atoms with Crippen molar-refractivity contribution in [3.8, 4) is 11.5 Å². The standard InChI is InChI=1S/C27H42N2O2/c1-5-7-9-15-26(28-20-18-22-13-10-8-11-14-22)29-21-19-23-16-17-25(30-3)27(31-4)24(23)12-6-2/h8,10-11,13-14,16-17,26,28-29H,5-7,9,12,15,18-21H2,1-4H3. The fraction of sp³-hybridized carbons (Fsp3) is 0.556. The molecule has 0 aromatic heterocycles. The van der Waals surface area contributed by atoms with E-state index in [0.717, 1.165) is 56.7 Å². The topological polar surface area (TPSA) is 42.5 Å². The third-order valence-electron chi connectivity index (χ3n) is 5.77. The molecule has 2 rings (SSSR count). The number of rotatable bonds is 16. The van der Waals surface area contributed by atoms with Gasteiger partial charge in [-0.2, -0.15) is 0 Å². The molecule has 0 spiro atoms. The monoisotopic (exact) mass is 426 g/mol. The minimum absolute atomic E-state index is 0.352. The highest BCUT2D eigenvalue weighted by Gasteiger charge is 2.15. The highest BCUT2D eigenvalue weighted by molar-refractivity contribution is 5.51. The van der Waals surface area contributed by atoms with Crippen molar-refractivity contribution in [1.82, 2.24) is 10.6 Å².